The Balaban J connectivity index is 1.98. The van der Waals surface area contributed by atoms with E-state index < -0.39 is 0 Å². The Morgan fingerprint density at radius 1 is 1.14 bits per heavy atom. The number of halogens is 1. The molecule has 0 fully saturated rings. The summed E-state index contributed by atoms with van der Waals surface area (Å²) in [6.07, 6.45) is 0. The summed E-state index contributed by atoms with van der Waals surface area (Å²) in [5.74, 6) is 0.541. The smallest absolute Gasteiger partial charge is 0.173 e. The van der Waals surface area contributed by atoms with Crippen molar-refractivity contribution in [3.05, 3.63) is 64.1 Å². The number of nitrogens with one attached hydrogen (secondary N) is 1. The summed E-state index contributed by atoms with van der Waals surface area (Å²) in [6, 6.07) is 16.6. The van der Waals surface area contributed by atoms with Gasteiger partial charge in [0.25, 0.3) is 0 Å². The number of benzene rings is 2. The fraction of sp³-hybridized carbons (Fsp3) is 0.278. The Hall–Kier alpha value is -1.39. The summed E-state index contributed by atoms with van der Waals surface area (Å²) in [5, 5.41) is 4.01. The van der Waals surface area contributed by atoms with Crippen LogP contribution in [-0.4, -0.2) is 17.1 Å². The molecule has 2 aromatic rings. The lowest BCUT2D eigenvalue weighted by molar-refractivity contribution is 0.507. The molecule has 0 amide bonds. The van der Waals surface area contributed by atoms with Gasteiger partial charge in [0.05, 0.1) is 0 Å². The van der Waals surface area contributed by atoms with Crippen molar-refractivity contribution in [2.75, 3.05) is 12.4 Å². The molecule has 116 valence electrons. The van der Waals surface area contributed by atoms with Crippen LogP contribution in [0.2, 0.25) is 0 Å². The Bertz CT molecular complexity index is 638. The topological polar surface area (TPSA) is 15.3 Å². The molecule has 0 bridgehead atoms. The predicted molar refractivity (Wildman–Crippen MR) is 102 cm³/mol. The third-order valence-electron chi connectivity index (χ3n) is 3.54. The Kier molecular flexibility index (Phi) is 5.98. The van der Waals surface area contributed by atoms with Gasteiger partial charge in [-0.3, -0.25) is 0 Å². The van der Waals surface area contributed by atoms with E-state index in [4.69, 9.17) is 12.2 Å². The zero-order valence-electron chi connectivity index (χ0n) is 13.1. The van der Waals surface area contributed by atoms with Crippen LogP contribution in [0, 0.1) is 0 Å². The van der Waals surface area contributed by atoms with Gasteiger partial charge in [-0.2, -0.15) is 0 Å². The summed E-state index contributed by atoms with van der Waals surface area (Å²) in [7, 11) is 2.00. The quantitative estimate of drug-likeness (QED) is 0.718. The van der Waals surface area contributed by atoms with Crippen molar-refractivity contribution in [3.63, 3.8) is 0 Å². The number of anilines is 1. The molecule has 2 nitrogen and oxygen atoms in total. The van der Waals surface area contributed by atoms with Crippen LogP contribution in [0.5, 0.6) is 0 Å². The second-order valence-corrected chi connectivity index (χ2v) is 6.90. The summed E-state index contributed by atoms with van der Waals surface area (Å²) in [4.78, 5) is 2.03. The van der Waals surface area contributed by atoms with Crippen molar-refractivity contribution in [2.24, 2.45) is 0 Å². The number of rotatable bonds is 4. The number of nitrogens with zero attached hydrogens (tertiary/aromatic N) is 1. The molecule has 0 aliphatic heterocycles. The zero-order chi connectivity index (χ0) is 16.1. The van der Waals surface area contributed by atoms with Gasteiger partial charge in [-0.15, -0.1) is 0 Å². The lowest BCUT2D eigenvalue weighted by Gasteiger charge is -2.22. The van der Waals surface area contributed by atoms with E-state index in [-0.39, 0.29) is 0 Å². The van der Waals surface area contributed by atoms with E-state index in [1.165, 1.54) is 11.1 Å². The molecule has 1 N–H and O–H groups in total. The van der Waals surface area contributed by atoms with Crippen LogP contribution in [-0.2, 0) is 6.54 Å². The first-order chi connectivity index (χ1) is 10.5. The standard InChI is InChI=1S/C18H21BrN2S/c1-13(2)14-8-10-16(11-9-14)20-18(22)21(3)12-15-6-4-5-7-17(15)19/h4-11,13H,12H2,1-3H3,(H,20,22). The maximum Gasteiger partial charge on any atom is 0.173 e. The van der Waals surface area contributed by atoms with Gasteiger partial charge in [-0.25, -0.2) is 0 Å². The fourth-order valence-electron chi connectivity index (χ4n) is 2.12. The van der Waals surface area contributed by atoms with Crippen LogP contribution in [0.1, 0.15) is 30.9 Å². The highest BCUT2D eigenvalue weighted by Crippen LogP contribution is 2.19. The third-order valence-corrected chi connectivity index (χ3v) is 4.73. The van der Waals surface area contributed by atoms with E-state index in [9.17, 15) is 0 Å². The van der Waals surface area contributed by atoms with E-state index in [1.807, 2.05) is 30.1 Å². The summed E-state index contributed by atoms with van der Waals surface area (Å²) in [6.45, 7) is 5.15. The molecule has 0 aliphatic rings. The van der Waals surface area contributed by atoms with Crippen LogP contribution >= 0.6 is 28.1 Å². The second kappa shape index (κ2) is 7.75. The van der Waals surface area contributed by atoms with E-state index in [0.29, 0.717) is 11.0 Å². The monoisotopic (exact) mass is 376 g/mol. The maximum atomic E-state index is 5.49. The molecule has 0 atom stereocenters. The molecule has 0 radical (unpaired) electrons. The minimum absolute atomic E-state index is 0.541. The van der Waals surface area contributed by atoms with E-state index in [2.05, 4.69) is 65.4 Å². The average Bonchev–Trinajstić information content (AvgIpc) is 2.50. The van der Waals surface area contributed by atoms with Gasteiger partial charge in [0.1, 0.15) is 0 Å². The minimum atomic E-state index is 0.541. The van der Waals surface area contributed by atoms with E-state index in [1.54, 1.807) is 0 Å². The van der Waals surface area contributed by atoms with Crippen molar-refractivity contribution in [2.45, 2.75) is 26.3 Å². The molecular formula is C18H21BrN2S. The molecule has 2 aromatic carbocycles. The number of hydrogen-bond donors (Lipinski definition) is 1. The highest BCUT2D eigenvalue weighted by Gasteiger charge is 2.08. The van der Waals surface area contributed by atoms with E-state index in [0.717, 1.165) is 16.7 Å². The van der Waals surface area contributed by atoms with Crippen molar-refractivity contribution in [3.8, 4) is 0 Å². The molecule has 0 saturated carbocycles. The van der Waals surface area contributed by atoms with Gasteiger partial charge in [0.2, 0.25) is 0 Å². The first kappa shape index (κ1) is 17.0. The average molecular weight is 377 g/mol. The fourth-order valence-corrected chi connectivity index (χ4v) is 2.72. The lowest BCUT2D eigenvalue weighted by Crippen LogP contribution is -2.30. The third kappa shape index (κ3) is 4.55. The van der Waals surface area contributed by atoms with Crippen molar-refractivity contribution in [1.29, 1.82) is 0 Å². The predicted octanol–water partition coefficient (Wildman–Crippen LogP) is 5.40. The number of hydrogen-bond acceptors (Lipinski definition) is 1. The molecule has 4 heteroatoms. The first-order valence-corrected chi connectivity index (χ1v) is 8.53. The maximum absolute atomic E-state index is 5.49. The molecule has 0 aliphatic carbocycles. The summed E-state index contributed by atoms with van der Waals surface area (Å²) >= 11 is 9.06. The lowest BCUT2D eigenvalue weighted by atomic mass is 10.0. The van der Waals surface area contributed by atoms with Crippen LogP contribution in [0.4, 0.5) is 5.69 Å². The highest BCUT2D eigenvalue weighted by molar-refractivity contribution is 9.10. The molecule has 0 spiro atoms. The number of thiocarbonyl (C=S) groups is 1. The van der Waals surface area contributed by atoms with Gasteiger partial charge in [-0.05, 0) is 47.5 Å². The summed E-state index contributed by atoms with van der Waals surface area (Å²) in [5.41, 5.74) is 3.57. The van der Waals surface area contributed by atoms with Gasteiger partial charge < -0.3 is 10.2 Å². The van der Waals surface area contributed by atoms with Crippen LogP contribution in [0.3, 0.4) is 0 Å². The normalized spacial score (nSPS) is 10.6. The van der Waals surface area contributed by atoms with Crippen molar-refractivity contribution in [1.82, 2.24) is 4.90 Å². The molecule has 0 aromatic heterocycles. The Labute approximate surface area is 146 Å². The van der Waals surface area contributed by atoms with Gasteiger partial charge >= 0.3 is 0 Å². The molecule has 0 saturated heterocycles. The largest absolute Gasteiger partial charge is 0.348 e. The molecule has 2 rings (SSSR count). The SMILES string of the molecule is CC(C)c1ccc(NC(=S)N(C)Cc2ccccc2Br)cc1. The van der Waals surface area contributed by atoms with Crippen LogP contribution in [0.15, 0.2) is 53.0 Å². The van der Waals surface area contributed by atoms with Crippen LogP contribution < -0.4 is 5.32 Å². The van der Waals surface area contributed by atoms with Crippen molar-refractivity contribution >= 4 is 38.9 Å². The van der Waals surface area contributed by atoms with E-state index >= 15 is 0 Å². The van der Waals surface area contributed by atoms with Gasteiger partial charge in [0.15, 0.2) is 5.11 Å². The molecule has 22 heavy (non-hydrogen) atoms. The van der Waals surface area contributed by atoms with Gasteiger partial charge in [-0.1, -0.05) is 60.1 Å². The second-order valence-electron chi connectivity index (χ2n) is 5.65. The molecule has 0 unspecified atom stereocenters. The highest BCUT2D eigenvalue weighted by atomic mass is 79.9. The Morgan fingerprint density at radius 2 is 1.77 bits per heavy atom. The Morgan fingerprint density at radius 3 is 2.36 bits per heavy atom. The van der Waals surface area contributed by atoms with Crippen molar-refractivity contribution < 1.29 is 0 Å². The minimum Gasteiger partial charge on any atom is -0.348 e. The summed E-state index contributed by atoms with van der Waals surface area (Å²) < 4.78 is 1.10. The molecular weight excluding hydrogens is 356 g/mol. The van der Waals surface area contributed by atoms with Crippen LogP contribution in [0.25, 0.3) is 0 Å². The molecule has 0 heterocycles. The zero-order valence-corrected chi connectivity index (χ0v) is 15.5. The first-order valence-electron chi connectivity index (χ1n) is 7.33. The van der Waals surface area contributed by atoms with Gasteiger partial charge in [0, 0.05) is 23.8 Å².